The fourth-order valence-electron chi connectivity index (χ4n) is 3.00. The molecule has 2 aromatic rings. The van der Waals surface area contributed by atoms with Crippen molar-refractivity contribution in [1.29, 1.82) is 0 Å². The van der Waals surface area contributed by atoms with Crippen LogP contribution in [0.5, 0.6) is 0 Å². The summed E-state index contributed by atoms with van der Waals surface area (Å²) in [4.78, 5) is 12.5. The number of alkyl halides is 3. The first-order valence-electron chi connectivity index (χ1n) is 7.32. The Bertz CT molecular complexity index is 778. The standard InChI is InChI=1S/C16H16F3N3O/c1-9-13(14(16(17,18)19)21-22(9)2)15(23)20-12-8-4-6-10-5-3-7-11(10)12/h4,6,8H,3,5,7H2,1-2H3,(H,20,23). The zero-order valence-corrected chi connectivity index (χ0v) is 12.8. The zero-order valence-electron chi connectivity index (χ0n) is 12.8. The minimum atomic E-state index is -4.67. The molecule has 0 radical (unpaired) electrons. The van der Waals surface area contributed by atoms with Gasteiger partial charge < -0.3 is 5.32 Å². The Morgan fingerprint density at radius 2 is 2.04 bits per heavy atom. The lowest BCUT2D eigenvalue weighted by atomic mass is 10.1. The van der Waals surface area contributed by atoms with Crippen molar-refractivity contribution in [1.82, 2.24) is 9.78 Å². The van der Waals surface area contributed by atoms with E-state index < -0.39 is 23.3 Å². The van der Waals surface area contributed by atoms with Gasteiger partial charge in [0.15, 0.2) is 5.69 Å². The number of carbonyl (C=O) groups is 1. The lowest BCUT2D eigenvalue weighted by Gasteiger charge is -2.11. The normalized spacial score (nSPS) is 14.0. The molecule has 0 saturated carbocycles. The van der Waals surface area contributed by atoms with Crippen molar-refractivity contribution in [3.05, 3.63) is 46.3 Å². The summed E-state index contributed by atoms with van der Waals surface area (Å²) in [5.74, 6) is -0.775. The number of amides is 1. The molecule has 7 heteroatoms. The number of rotatable bonds is 2. The molecule has 1 aromatic carbocycles. The number of anilines is 1. The average molecular weight is 323 g/mol. The van der Waals surface area contributed by atoms with E-state index in [1.54, 1.807) is 12.1 Å². The Morgan fingerprint density at radius 1 is 1.30 bits per heavy atom. The van der Waals surface area contributed by atoms with E-state index in [2.05, 4.69) is 10.4 Å². The van der Waals surface area contributed by atoms with Gasteiger partial charge in [0.1, 0.15) is 0 Å². The molecule has 1 heterocycles. The Hall–Kier alpha value is -2.31. The van der Waals surface area contributed by atoms with E-state index in [1.807, 2.05) is 6.07 Å². The van der Waals surface area contributed by atoms with Crippen molar-refractivity contribution in [3.8, 4) is 0 Å². The molecule has 1 N–H and O–H groups in total. The van der Waals surface area contributed by atoms with Gasteiger partial charge in [-0.1, -0.05) is 12.1 Å². The smallest absolute Gasteiger partial charge is 0.322 e. The minimum Gasteiger partial charge on any atom is -0.322 e. The van der Waals surface area contributed by atoms with Crippen LogP contribution in [0.25, 0.3) is 0 Å². The summed E-state index contributed by atoms with van der Waals surface area (Å²) in [6.45, 7) is 1.45. The van der Waals surface area contributed by atoms with E-state index >= 15 is 0 Å². The number of aromatic nitrogens is 2. The maximum Gasteiger partial charge on any atom is 0.435 e. The van der Waals surface area contributed by atoms with Crippen LogP contribution in [-0.2, 0) is 26.1 Å². The Balaban J connectivity index is 1.98. The van der Waals surface area contributed by atoms with Gasteiger partial charge in [0.25, 0.3) is 5.91 Å². The van der Waals surface area contributed by atoms with Crippen molar-refractivity contribution in [2.75, 3.05) is 5.32 Å². The van der Waals surface area contributed by atoms with E-state index in [9.17, 15) is 18.0 Å². The predicted octanol–water partition coefficient (Wildman–Crippen LogP) is 3.49. The van der Waals surface area contributed by atoms with E-state index in [0.717, 1.165) is 35.1 Å². The number of benzene rings is 1. The van der Waals surface area contributed by atoms with E-state index in [4.69, 9.17) is 0 Å². The lowest BCUT2D eigenvalue weighted by Crippen LogP contribution is -2.19. The van der Waals surface area contributed by atoms with E-state index in [-0.39, 0.29) is 5.69 Å². The Kier molecular flexibility index (Phi) is 3.66. The van der Waals surface area contributed by atoms with Crippen molar-refractivity contribution in [2.24, 2.45) is 7.05 Å². The molecule has 1 aliphatic rings. The highest BCUT2D eigenvalue weighted by molar-refractivity contribution is 6.06. The SMILES string of the molecule is Cc1c(C(=O)Nc2cccc3c2CCC3)c(C(F)(F)F)nn1C. The topological polar surface area (TPSA) is 46.9 Å². The van der Waals surface area contributed by atoms with Gasteiger partial charge in [-0.25, -0.2) is 0 Å². The molecular weight excluding hydrogens is 307 g/mol. The molecule has 1 aromatic heterocycles. The highest BCUT2D eigenvalue weighted by Gasteiger charge is 2.40. The molecule has 0 bridgehead atoms. The van der Waals surface area contributed by atoms with Gasteiger partial charge >= 0.3 is 6.18 Å². The van der Waals surface area contributed by atoms with Crippen molar-refractivity contribution in [2.45, 2.75) is 32.4 Å². The van der Waals surface area contributed by atoms with Crippen LogP contribution in [0.1, 0.15) is 39.3 Å². The minimum absolute atomic E-state index is 0.183. The van der Waals surface area contributed by atoms with Crippen molar-refractivity contribution in [3.63, 3.8) is 0 Å². The molecule has 0 aliphatic heterocycles. The van der Waals surface area contributed by atoms with E-state index in [1.165, 1.54) is 14.0 Å². The molecule has 0 spiro atoms. The molecule has 122 valence electrons. The van der Waals surface area contributed by atoms with E-state index in [0.29, 0.717) is 5.69 Å². The number of hydrogen-bond donors (Lipinski definition) is 1. The largest absolute Gasteiger partial charge is 0.435 e. The third-order valence-corrected chi connectivity index (χ3v) is 4.22. The number of hydrogen-bond acceptors (Lipinski definition) is 2. The maximum atomic E-state index is 13.1. The van der Waals surface area contributed by atoms with Crippen LogP contribution >= 0.6 is 0 Å². The molecule has 0 atom stereocenters. The van der Waals surface area contributed by atoms with Crippen LogP contribution in [0.3, 0.4) is 0 Å². The number of carbonyl (C=O) groups excluding carboxylic acids is 1. The molecule has 0 fully saturated rings. The first kappa shape index (κ1) is 15.6. The third-order valence-electron chi connectivity index (χ3n) is 4.22. The predicted molar refractivity (Wildman–Crippen MR) is 79.4 cm³/mol. The highest BCUT2D eigenvalue weighted by Crippen LogP contribution is 2.34. The maximum absolute atomic E-state index is 13.1. The van der Waals surface area contributed by atoms with Crippen LogP contribution in [0.2, 0.25) is 0 Å². The number of nitrogens with zero attached hydrogens (tertiary/aromatic N) is 2. The summed E-state index contributed by atoms with van der Waals surface area (Å²) in [7, 11) is 1.39. The van der Waals surface area contributed by atoms with Gasteiger partial charge in [-0.3, -0.25) is 9.48 Å². The van der Waals surface area contributed by atoms with Crippen LogP contribution in [0, 0.1) is 6.92 Å². The number of fused-ring (bicyclic) bond motifs is 1. The van der Waals surface area contributed by atoms with Crippen molar-refractivity contribution < 1.29 is 18.0 Å². The average Bonchev–Trinajstić information content (AvgIpc) is 3.05. The second kappa shape index (κ2) is 5.40. The van der Waals surface area contributed by atoms with Crippen LogP contribution < -0.4 is 5.32 Å². The summed E-state index contributed by atoms with van der Waals surface area (Å²) >= 11 is 0. The molecule has 4 nitrogen and oxygen atoms in total. The second-order valence-corrected chi connectivity index (χ2v) is 5.68. The van der Waals surface area contributed by atoms with Gasteiger partial charge in [-0.15, -0.1) is 0 Å². The van der Waals surface area contributed by atoms with Gasteiger partial charge in [0.2, 0.25) is 0 Å². The van der Waals surface area contributed by atoms with Gasteiger partial charge in [0, 0.05) is 18.4 Å². The fourth-order valence-corrected chi connectivity index (χ4v) is 3.00. The summed E-state index contributed by atoms with van der Waals surface area (Å²) in [5.41, 5.74) is 1.35. The summed E-state index contributed by atoms with van der Waals surface area (Å²) in [6.07, 6.45) is -1.93. The number of nitrogens with one attached hydrogen (secondary N) is 1. The Morgan fingerprint density at radius 3 is 2.74 bits per heavy atom. The van der Waals surface area contributed by atoms with Crippen LogP contribution in [0.15, 0.2) is 18.2 Å². The highest BCUT2D eigenvalue weighted by atomic mass is 19.4. The van der Waals surface area contributed by atoms with Crippen molar-refractivity contribution >= 4 is 11.6 Å². The van der Waals surface area contributed by atoms with Crippen LogP contribution in [-0.4, -0.2) is 15.7 Å². The number of halogens is 3. The Labute approximate surface area is 131 Å². The first-order valence-corrected chi connectivity index (χ1v) is 7.32. The lowest BCUT2D eigenvalue weighted by molar-refractivity contribution is -0.141. The molecular formula is C16H16F3N3O. The summed E-state index contributed by atoms with van der Waals surface area (Å²) in [5, 5.41) is 6.08. The second-order valence-electron chi connectivity index (χ2n) is 5.68. The molecule has 3 rings (SSSR count). The summed E-state index contributed by atoms with van der Waals surface area (Å²) in [6, 6.07) is 5.51. The monoisotopic (exact) mass is 323 g/mol. The number of aryl methyl sites for hydroxylation is 2. The van der Waals surface area contributed by atoms with Gasteiger partial charge in [0.05, 0.1) is 5.56 Å². The third kappa shape index (κ3) is 2.71. The zero-order chi connectivity index (χ0) is 16.8. The van der Waals surface area contributed by atoms with Crippen LogP contribution in [0.4, 0.5) is 18.9 Å². The summed E-state index contributed by atoms with van der Waals surface area (Å²) < 4.78 is 40.4. The molecule has 1 amide bonds. The fraction of sp³-hybridized carbons (Fsp3) is 0.375. The molecule has 0 unspecified atom stereocenters. The van der Waals surface area contributed by atoms with Gasteiger partial charge in [-0.05, 0) is 43.4 Å². The molecule has 23 heavy (non-hydrogen) atoms. The molecule has 0 saturated heterocycles. The quantitative estimate of drug-likeness (QED) is 0.919. The van der Waals surface area contributed by atoms with Gasteiger partial charge in [-0.2, -0.15) is 18.3 Å². The molecule has 1 aliphatic carbocycles. The first-order chi connectivity index (χ1) is 10.8.